The van der Waals surface area contributed by atoms with E-state index in [4.69, 9.17) is 0 Å². The Balaban J connectivity index is 0.00000192. The van der Waals surface area contributed by atoms with E-state index in [2.05, 4.69) is 4.90 Å². The molecule has 3 N–H and O–H groups in total. The van der Waals surface area contributed by atoms with Gasteiger partial charge < -0.3 is 20.2 Å². The maximum absolute atomic E-state index is 10.2. The second kappa shape index (κ2) is 7.23. The van der Waals surface area contributed by atoms with Gasteiger partial charge in [-0.2, -0.15) is 0 Å². The van der Waals surface area contributed by atoms with E-state index in [1.807, 2.05) is 25.2 Å². The van der Waals surface area contributed by atoms with Crippen LogP contribution in [0.15, 0.2) is 30.3 Å². The predicted octanol–water partition coefficient (Wildman–Crippen LogP) is 3.15. The molecule has 4 nitrogen and oxygen atoms in total. The number of aryl methyl sites for hydroxylation is 2. The Bertz CT molecular complexity index is 703. The van der Waals surface area contributed by atoms with Gasteiger partial charge in [-0.05, 0) is 61.2 Å². The molecule has 0 saturated heterocycles. The normalized spacial score (nSPS) is 15.2. The lowest BCUT2D eigenvalue weighted by Gasteiger charge is -2.23. The first-order valence-electron chi connectivity index (χ1n) is 7.56. The first kappa shape index (κ1) is 17.6. The van der Waals surface area contributed by atoms with Crippen LogP contribution in [0.1, 0.15) is 22.3 Å². The van der Waals surface area contributed by atoms with Gasteiger partial charge in [0.05, 0.1) is 0 Å². The summed E-state index contributed by atoms with van der Waals surface area (Å²) in [6, 6.07) is 8.99. The number of rotatable bonds is 0. The molecule has 0 aliphatic carbocycles. The SMILES string of the molecule is Br.CN1CCc2cc(O)ccc2CCc2ccc(O)c(O)c2C1. The minimum atomic E-state index is -0.0606. The van der Waals surface area contributed by atoms with Crippen molar-refractivity contribution in [2.45, 2.75) is 25.8 Å². The fourth-order valence-electron chi connectivity index (χ4n) is 3.09. The van der Waals surface area contributed by atoms with Crippen molar-refractivity contribution in [2.75, 3.05) is 13.6 Å². The van der Waals surface area contributed by atoms with Gasteiger partial charge in [-0.25, -0.2) is 0 Å². The Hall–Kier alpha value is -1.72. The summed E-state index contributed by atoms with van der Waals surface area (Å²) in [7, 11) is 2.00. The Labute approximate surface area is 146 Å². The number of phenols is 3. The predicted molar refractivity (Wildman–Crippen MR) is 95.6 cm³/mol. The van der Waals surface area contributed by atoms with Crippen LogP contribution in [-0.2, 0) is 25.8 Å². The zero-order chi connectivity index (χ0) is 15.7. The van der Waals surface area contributed by atoms with Crippen LogP contribution in [0.4, 0.5) is 0 Å². The van der Waals surface area contributed by atoms with Crippen molar-refractivity contribution in [1.82, 2.24) is 4.90 Å². The number of nitrogens with zero attached hydrogens (tertiary/aromatic N) is 1. The Morgan fingerprint density at radius 1 is 0.870 bits per heavy atom. The number of hydrogen-bond donors (Lipinski definition) is 3. The van der Waals surface area contributed by atoms with Crippen LogP contribution in [0.3, 0.4) is 0 Å². The number of likely N-dealkylation sites (N-methyl/N-ethyl adjacent to an activating group) is 1. The second-order valence-corrected chi connectivity index (χ2v) is 6.01. The van der Waals surface area contributed by atoms with Gasteiger partial charge in [-0.1, -0.05) is 12.1 Å². The van der Waals surface area contributed by atoms with Gasteiger partial charge in [0, 0.05) is 18.7 Å². The number of benzene rings is 2. The summed E-state index contributed by atoms with van der Waals surface area (Å²) >= 11 is 0. The minimum absolute atomic E-state index is 0. The third-order valence-electron chi connectivity index (χ3n) is 4.40. The molecule has 0 aromatic heterocycles. The van der Waals surface area contributed by atoms with Crippen molar-refractivity contribution in [3.05, 3.63) is 52.6 Å². The lowest BCUT2D eigenvalue weighted by molar-refractivity contribution is 0.317. The van der Waals surface area contributed by atoms with Crippen molar-refractivity contribution in [1.29, 1.82) is 0 Å². The van der Waals surface area contributed by atoms with Gasteiger partial charge in [0.15, 0.2) is 11.5 Å². The number of phenolic OH excluding ortho intramolecular Hbond substituents is 3. The van der Waals surface area contributed by atoms with E-state index in [0.717, 1.165) is 36.9 Å². The molecule has 1 aliphatic heterocycles. The smallest absolute Gasteiger partial charge is 0.162 e. The van der Waals surface area contributed by atoms with Gasteiger partial charge in [0.25, 0.3) is 0 Å². The highest BCUT2D eigenvalue weighted by atomic mass is 79.9. The zero-order valence-corrected chi connectivity index (χ0v) is 14.8. The molecule has 23 heavy (non-hydrogen) atoms. The number of halogens is 1. The molecule has 0 fully saturated rings. The molecule has 3 rings (SSSR count). The minimum Gasteiger partial charge on any atom is -0.508 e. The van der Waals surface area contributed by atoms with Crippen LogP contribution in [-0.4, -0.2) is 33.8 Å². The number of aromatic hydroxyl groups is 3. The Morgan fingerprint density at radius 2 is 1.57 bits per heavy atom. The van der Waals surface area contributed by atoms with Crippen LogP contribution in [0, 0.1) is 0 Å². The van der Waals surface area contributed by atoms with Crippen LogP contribution in [0.5, 0.6) is 17.2 Å². The van der Waals surface area contributed by atoms with Gasteiger partial charge in [0.2, 0.25) is 0 Å². The van der Waals surface area contributed by atoms with Crippen molar-refractivity contribution < 1.29 is 15.3 Å². The summed E-state index contributed by atoms with van der Waals surface area (Å²) in [5.41, 5.74) is 4.28. The highest BCUT2D eigenvalue weighted by Gasteiger charge is 2.17. The molecular formula is C18H22BrNO3. The van der Waals surface area contributed by atoms with Crippen molar-refractivity contribution in [3.63, 3.8) is 0 Å². The van der Waals surface area contributed by atoms with Crippen molar-refractivity contribution in [3.8, 4) is 17.2 Å². The maximum Gasteiger partial charge on any atom is 0.162 e. The van der Waals surface area contributed by atoms with E-state index in [9.17, 15) is 15.3 Å². The van der Waals surface area contributed by atoms with Crippen LogP contribution >= 0.6 is 17.0 Å². The van der Waals surface area contributed by atoms with Gasteiger partial charge in [-0.3, -0.25) is 0 Å². The fraction of sp³-hybridized carbons (Fsp3) is 0.333. The van der Waals surface area contributed by atoms with Crippen LogP contribution in [0.2, 0.25) is 0 Å². The summed E-state index contributed by atoms with van der Waals surface area (Å²) < 4.78 is 0. The van der Waals surface area contributed by atoms with Gasteiger partial charge >= 0.3 is 0 Å². The van der Waals surface area contributed by atoms with Crippen molar-refractivity contribution in [2.24, 2.45) is 0 Å². The molecule has 0 atom stereocenters. The summed E-state index contributed by atoms with van der Waals surface area (Å²) in [5, 5.41) is 29.6. The van der Waals surface area contributed by atoms with Crippen LogP contribution in [0.25, 0.3) is 0 Å². The van der Waals surface area contributed by atoms with Crippen molar-refractivity contribution >= 4 is 17.0 Å². The highest BCUT2D eigenvalue weighted by Crippen LogP contribution is 2.33. The van der Waals surface area contributed by atoms with Gasteiger partial charge in [0.1, 0.15) is 5.75 Å². The molecule has 0 spiro atoms. The summed E-state index contributed by atoms with van der Waals surface area (Å²) in [6.07, 6.45) is 2.51. The molecule has 2 aromatic carbocycles. The lowest BCUT2D eigenvalue weighted by Crippen LogP contribution is -2.23. The molecule has 124 valence electrons. The first-order valence-corrected chi connectivity index (χ1v) is 7.56. The van der Waals surface area contributed by atoms with E-state index < -0.39 is 0 Å². The lowest BCUT2D eigenvalue weighted by atomic mass is 9.93. The molecule has 0 saturated carbocycles. The number of fused-ring (bicyclic) bond motifs is 2. The van der Waals surface area contributed by atoms with Crippen LogP contribution < -0.4 is 0 Å². The Morgan fingerprint density at radius 3 is 2.35 bits per heavy atom. The molecular weight excluding hydrogens is 358 g/mol. The molecule has 0 amide bonds. The van der Waals surface area contributed by atoms with E-state index >= 15 is 0 Å². The third-order valence-corrected chi connectivity index (χ3v) is 4.40. The quantitative estimate of drug-likeness (QED) is 0.615. The third kappa shape index (κ3) is 3.79. The molecule has 2 aromatic rings. The Kier molecular flexibility index (Phi) is 5.55. The van der Waals surface area contributed by atoms with E-state index in [1.165, 1.54) is 11.1 Å². The second-order valence-electron chi connectivity index (χ2n) is 6.01. The molecule has 0 radical (unpaired) electrons. The largest absolute Gasteiger partial charge is 0.508 e. The number of hydrogen-bond acceptors (Lipinski definition) is 4. The standard InChI is InChI=1S/C18H21NO3.BrH/c1-19-9-8-14-10-15(20)6-4-12(14)2-3-13-5-7-17(21)18(22)16(13)11-19;/h4-7,10,20-22H,2-3,8-9,11H2,1H3;1H. The van der Waals surface area contributed by atoms with E-state index in [-0.39, 0.29) is 28.5 Å². The molecule has 1 aliphatic rings. The molecule has 1 heterocycles. The topological polar surface area (TPSA) is 63.9 Å². The maximum atomic E-state index is 10.2. The average Bonchev–Trinajstić information content (AvgIpc) is 2.50. The molecule has 0 bridgehead atoms. The van der Waals surface area contributed by atoms with Gasteiger partial charge in [-0.15, -0.1) is 17.0 Å². The monoisotopic (exact) mass is 379 g/mol. The van der Waals surface area contributed by atoms with E-state index in [0.29, 0.717) is 12.3 Å². The summed E-state index contributed by atoms with van der Waals surface area (Å²) in [5.74, 6) is 0.242. The molecule has 0 unspecified atom stereocenters. The van der Waals surface area contributed by atoms with E-state index in [1.54, 1.807) is 12.1 Å². The zero-order valence-electron chi connectivity index (χ0n) is 13.1. The highest BCUT2D eigenvalue weighted by molar-refractivity contribution is 8.93. The average molecular weight is 380 g/mol. The summed E-state index contributed by atoms with van der Waals surface area (Å²) in [4.78, 5) is 2.12. The molecule has 5 heteroatoms. The first-order chi connectivity index (χ1) is 10.5. The summed E-state index contributed by atoms with van der Waals surface area (Å²) in [6.45, 7) is 1.43. The fourth-order valence-corrected chi connectivity index (χ4v) is 3.09.